The van der Waals surface area contributed by atoms with Crippen LogP contribution in [0.3, 0.4) is 0 Å². The maximum Gasteiger partial charge on any atom is 0.242 e. The van der Waals surface area contributed by atoms with Crippen LogP contribution in [-0.4, -0.2) is 29.4 Å². The smallest absolute Gasteiger partial charge is 0.242 e. The molecule has 2 N–H and O–H groups in total. The van der Waals surface area contributed by atoms with Crippen LogP contribution in [0, 0.1) is 0 Å². The number of hydrogen-bond donors (Lipinski definition) is 1. The molecule has 1 rings (SSSR count). The van der Waals surface area contributed by atoms with E-state index in [1.165, 1.54) is 19.3 Å². The highest BCUT2D eigenvalue weighted by atomic mass is 16.2. The highest BCUT2D eigenvalue weighted by Crippen LogP contribution is 2.17. The van der Waals surface area contributed by atoms with Crippen LogP contribution >= 0.6 is 0 Å². The van der Waals surface area contributed by atoms with Crippen molar-refractivity contribution in [3.05, 3.63) is 0 Å². The number of rotatable bonds is 3. The fourth-order valence-corrected chi connectivity index (χ4v) is 2.44. The topological polar surface area (TPSA) is 46.3 Å². The predicted octanol–water partition coefficient (Wildman–Crippen LogP) is 2.30. The molecule has 0 aromatic heterocycles. The molecule has 1 atom stereocenters. The standard InChI is InChI=1S/C13H26N2O/c1-3-9-13(2,14)12(16)15-10-7-5-4-6-8-11-15/h3-11,14H2,1-2H3. The van der Waals surface area contributed by atoms with E-state index in [1.54, 1.807) is 0 Å². The molecule has 16 heavy (non-hydrogen) atoms. The fraction of sp³-hybridized carbons (Fsp3) is 0.923. The van der Waals surface area contributed by atoms with Crippen molar-refractivity contribution in [3.8, 4) is 0 Å². The summed E-state index contributed by atoms with van der Waals surface area (Å²) < 4.78 is 0. The van der Waals surface area contributed by atoms with Crippen LogP contribution < -0.4 is 5.73 Å². The SMILES string of the molecule is CCCC(C)(N)C(=O)N1CCCCCCC1. The van der Waals surface area contributed by atoms with Gasteiger partial charge in [0.15, 0.2) is 0 Å². The summed E-state index contributed by atoms with van der Waals surface area (Å²) in [5.74, 6) is 0.149. The van der Waals surface area contributed by atoms with Crippen LogP contribution in [0.25, 0.3) is 0 Å². The van der Waals surface area contributed by atoms with Gasteiger partial charge in [0.25, 0.3) is 0 Å². The lowest BCUT2D eigenvalue weighted by Crippen LogP contribution is -2.53. The van der Waals surface area contributed by atoms with E-state index >= 15 is 0 Å². The van der Waals surface area contributed by atoms with E-state index in [2.05, 4.69) is 6.92 Å². The normalized spacial score (nSPS) is 22.1. The Morgan fingerprint density at radius 2 is 1.69 bits per heavy atom. The van der Waals surface area contributed by atoms with Crippen LogP contribution in [0.1, 0.15) is 58.8 Å². The van der Waals surface area contributed by atoms with Crippen molar-refractivity contribution in [1.82, 2.24) is 4.90 Å². The zero-order valence-electron chi connectivity index (χ0n) is 10.8. The molecule has 0 spiro atoms. The van der Waals surface area contributed by atoms with E-state index in [1.807, 2.05) is 11.8 Å². The summed E-state index contributed by atoms with van der Waals surface area (Å²) in [6.45, 7) is 5.74. The average molecular weight is 226 g/mol. The van der Waals surface area contributed by atoms with E-state index in [0.29, 0.717) is 0 Å². The minimum absolute atomic E-state index is 0.149. The van der Waals surface area contributed by atoms with Crippen molar-refractivity contribution in [2.24, 2.45) is 5.73 Å². The lowest BCUT2D eigenvalue weighted by atomic mass is 9.95. The molecule has 0 aromatic carbocycles. The van der Waals surface area contributed by atoms with Gasteiger partial charge in [-0.3, -0.25) is 4.79 Å². The van der Waals surface area contributed by atoms with Crippen molar-refractivity contribution < 1.29 is 4.79 Å². The summed E-state index contributed by atoms with van der Waals surface area (Å²) in [5.41, 5.74) is 5.44. The summed E-state index contributed by atoms with van der Waals surface area (Å²) in [7, 11) is 0. The molecular formula is C13H26N2O. The Balaban J connectivity index is 2.55. The molecular weight excluding hydrogens is 200 g/mol. The van der Waals surface area contributed by atoms with Crippen molar-refractivity contribution in [2.45, 2.75) is 64.3 Å². The first-order chi connectivity index (χ1) is 7.58. The van der Waals surface area contributed by atoms with E-state index in [4.69, 9.17) is 5.73 Å². The van der Waals surface area contributed by atoms with Crippen molar-refractivity contribution >= 4 is 5.91 Å². The Hall–Kier alpha value is -0.570. The quantitative estimate of drug-likeness (QED) is 0.802. The van der Waals surface area contributed by atoms with Crippen LogP contribution in [0.2, 0.25) is 0 Å². The zero-order chi connectivity index (χ0) is 12.0. The highest BCUT2D eigenvalue weighted by molar-refractivity contribution is 5.85. The summed E-state index contributed by atoms with van der Waals surface area (Å²) in [4.78, 5) is 14.3. The molecule has 1 heterocycles. The van der Waals surface area contributed by atoms with Gasteiger partial charge >= 0.3 is 0 Å². The van der Waals surface area contributed by atoms with E-state index in [0.717, 1.165) is 38.8 Å². The van der Waals surface area contributed by atoms with Crippen LogP contribution in [0.5, 0.6) is 0 Å². The first kappa shape index (κ1) is 13.5. The third kappa shape index (κ3) is 3.78. The molecule has 0 bridgehead atoms. The molecule has 0 radical (unpaired) electrons. The second-order valence-corrected chi connectivity index (χ2v) is 5.23. The molecule has 1 saturated heterocycles. The van der Waals surface area contributed by atoms with Gasteiger partial charge < -0.3 is 10.6 Å². The Morgan fingerprint density at radius 3 is 2.19 bits per heavy atom. The molecule has 1 unspecified atom stereocenters. The zero-order valence-corrected chi connectivity index (χ0v) is 10.8. The summed E-state index contributed by atoms with van der Waals surface area (Å²) in [6, 6.07) is 0. The van der Waals surface area contributed by atoms with Gasteiger partial charge in [0.1, 0.15) is 0 Å². The average Bonchev–Trinajstić information content (AvgIpc) is 2.16. The molecule has 1 fully saturated rings. The van der Waals surface area contributed by atoms with Gasteiger partial charge in [-0.15, -0.1) is 0 Å². The molecule has 3 heteroatoms. The molecule has 0 aliphatic carbocycles. The number of nitrogens with two attached hydrogens (primary N) is 1. The summed E-state index contributed by atoms with van der Waals surface area (Å²) >= 11 is 0. The summed E-state index contributed by atoms with van der Waals surface area (Å²) in [5, 5.41) is 0. The summed E-state index contributed by atoms with van der Waals surface area (Å²) in [6.07, 6.45) is 7.82. The van der Waals surface area contributed by atoms with E-state index < -0.39 is 5.54 Å². The maximum atomic E-state index is 12.3. The van der Waals surface area contributed by atoms with Gasteiger partial charge in [-0.2, -0.15) is 0 Å². The molecule has 0 saturated carbocycles. The maximum absolute atomic E-state index is 12.3. The van der Waals surface area contributed by atoms with Gasteiger partial charge in [0.2, 0.25) is 5.91 Å². The van der Waals surface area contributed by atoms with Gasteiger partial charge in [0, 0.05) is 13.1 Å². The Labute approximate surface area is 99.4 Å². The molecule has 1 aliphatic rings. The Bertz CT molecular complexity index is 218. The van der Waals surface area contributed by atoms with Crippen molar-refractivity contribution in [3.63, 3.8) is 0 Å². The monoisotopic (exact) mass is 226 g/mol. The first-order valence-corrected chi connectivity index (χ1v) is 6.66. The van der Waals surface area contributed by atoms with Gasteiger partial charge in [0.05, 0.1) is 5.54 Å². The fourth-order valence-electron chi connectivity index (χ4n) is 2.44. The van der Waals surface area contributed by atoms with Crippen LogP contribution in [-0.2, 0) is 4.79 Å². The third-order valence-electron chi connectivity index (χ3n) is 3.40. The first-order valence-electron chi connectivity index (χ1n) is 6.66. The molecule has 94 valence electrons. The van der Waals surface area contributed by atoms with Gasteiger partial charge in [-0.05, 0) is 26.2 Å². The van der Waals surface area contributed by atoms with Crippen LogP contribution in [0.15, 0.2) is 0 Å². The number of nitrogens with zero attached hydrogens (tertiary/aromatic N) is 1. The molecule has 3 nitrogen and oxygen atoms in total. The van der Waals surface area contributed by atoms with E-state index in [9.17, 15) is 4.79 Å². The number of hydrogen-bond acceptors (Lipinski definition) is 2. The molecule has 1 aliphatic heterocycles. The van der Waals surface area contributed by atoms with Crippen molar-refractivity contribution in [1.29, 1.82) is 0 Å². The Morgan fingerprint density at radius 1 is 1.19 bits per heavy atom. The van der Waals surface area contributed by atoms with Gasteiger partial charge in [-0.25, -0.2) is 0 Å². The number of amides is 1. The Kier molecular flexibility index (Phi) is 5.26. The number of likely N-dealkylation sites (tertiary alicyclic amines) is 1. The predicted molar refractivity (Wildman–Crippen MR) is 67.2 cm³/mol. The molecule has 1 amide bonds. The number of carbonyl (C=O) groups excluding carboxylic acids is 1. The van der Waals surface area contributed by atoms with Crippen molar-refractivity contribution in [2.75, 3.05) is 13.1 Å². The molecule has 0 aromatic rings. The minimum Gasteiger partial charge on any atom is -0.341 e. The third-order valence-corrected chi connectivity index (χ3v) is 3.40. The second-order valence-electron chi connectivity index (χ2n) is 5.23. The van der Waals surface area contributed by atoms with E-state index in [-0.39, 0.29) is 5.91 Å². The van der Waals surface area contributed by atoms with Gasteiger partial charge in [-0.1, -0.05) is 32.6 Å². The lowest BCUT2D eigenvalue weighted by molar-refractivity contribution is -0.137. The number of carbonyl (C=O) groups is 1. The lowest BCUT2D eigenvalue weighted by Gasteiger charge is -2.32. The highest BCUT2D eigenvalue weighted by Gasteiger charge is 2.31. The van der Waals surface area contributed by atoms with Crippen LogP contribution in [0.4, 0.5) is 0 Å². The second kappa shape index (κ2) is 6.24. The largest absolute Gasteiger partial charge is 0.341 e. The minimum atomic E-state index is -0.659.